The summed E-state index contributed by atoms with van der Waals surface area (Å²) in [5.41, 5.74) is 5.83. The Morgan fingerprint density at radius 3 is 2.71 bits per heavy atom. The summed E-state index contributed by atoms with van der Waals surface area (Å²) in [4.78, 5) is 8.71. The number of nitrogens with two attached hydrogens (primary N) is 1. The van der Waals surface area contributed by atoms with Gasteiger partial charge in [-0.3, -0.25) is 4.99 Å². The zero-order valence-electron chi connectivity index (χ0n) is 9.11. The maximum atomic E-state index is 5.83. The van der Waals surface area contributed by atoms with Crippen LogP contribution in [0.5, 0.6) is 0 Å². The Labute approximate surface area is 85.8 Å². The first kappa shape index (κ1) is 9.77. The number of fused-ring (bicyclic) bond motifs is 1. The van der Waals surface area contributed by atoms with Gasteiger partial charge < -0.3 is 15.5 Å². The molecule has 14 heavy (non-hydrogen) atoms. The third-order valence-electron chi connectivity index (χ3n) is 3.56. The fraction of sp³-hybridized carbons (Fsp3) is 0.900. The van der Waals surface area contributed by atoms with Crippen molar-refractivity contribution in [1.82, 2.24) is 9.80 Å². The fourth-order valence-electron chi connectivity index (χ4n) is 2.68. The van der Waals surface area contributed by atoms with Crippen molar-refractivity contribution in [3.05, 3.63) is 0 Å². The molecule has 2 saturated heterocycles. The minimum atomic E-state index is 0.710. The van der Waals surface area contributed by atoms with Crippen LogP contribution in [-0.2, 0) is 0 Å². The van der Waals surface area contributed by atoms with Gasteiger partial charge in [-0.15, -0.1) is 0 Å². The van der Waals surface area contributed by atoms with Crippen LogP contribution >= 0.6 is 0 Å². The lowest BCUT2D eigenvalue weighted by Gasteiger charge is -2.31. The average molecular weight is 196 g/mol. The number of likely N-dealkylation sites (tertiary alicyclic amines) is 2. The number of guanidine groups is 1. The largest absolute Gasteiger partial charge is 0.370 e. The van der Waals surface area contributed by atoms with Gasteiger partial charge in [0.15, 0.2) is 5.96 Å². The fourth-order valence-corrected chi connectivity index (χ4v) is 2.68. The molecule has 2 N–H and O–H groups in total. The minimum Gasteiger partial charge on any atom is -0.370 e. The van der Waals surface area contributed by atoms with Gasteiger partial charge in [-0.05, 0) is 31.8 Å². The molecule has 2 unspecified atom stereocenters. The average Bonchev–Trinajstić information content (AvgIpc) is 2.59. The molecule has 2 heterocycles. The van der Waals surface area contributed by atoms with Gasteiger partial charge in [0.25, 0.3) is 0 Å². The second-order valence-corrected chi connectivity index (χ2v) is 4.56. The molecule has 2 aliphatic rings. The Hall–Kier alpha value is -0.770. The van der Waals surface area contributed by atoms with Gasteiger partial charge in [0.1, 0.15) is 0 Å². The van der Waals surface area contributed by atoms with Gasteiger partial charge in [0.2, 0.25) is 0 Å². The zero-order chi connectivity index (χ0) is 10.1. The molecule has 2 rings (SSSR count). The number of hydrogen-bond donors (Lipinski definition) is 1. The van der Waals surface area contributed by atoms with Gasteiger partial charge in [-0.1, -0.05) is 0 Å². The van der Waals surface area contributed by atoms with Gasteiger partial charge in [0, 0.05) is 26.7 Å². The molecule has 80 valence electrons. The molecule has 0 amide bonds. The monoisotopic (exact) mass is 196 g/mol. The van der Waals surface area contributed by atoms with E-state index in [0.29, 0.717) is 5.96 Å². The predicted octanol–water partition coefficient (Wildman–Crippen LogP) is -0.186. The van der Waals surface area contributed by atoms with Crippen LogP contribution in [-0.4, -0.2) is 56.0 Å². The van der Waals surface area contributed by atoms with Crippen molar-refractivity contribution in [3.63, 3.8) is 0 Å². The lowest BCUT2D eigenvalue weighted by Crippen LogP contribution is -2.37. The summed E-state index contributed by atoms with van der Waals surface area (Å²) < 4.78 is 0. The molecule has 2 fully saturated rings. The Balaban J connectivity index is 1.98. The van der Waals surface area contributed by atoms with E-state index in [4.69, 9.17) is 5.73 Å². The highest BCUT2D eigenvalue weighted by molar-refractivity contribution is 5.78. The van der Waals surface area contributed by atoms with Crippen molar-refractivity contribution < 1.29 is 0 Å². The van der Waals surface area contributed by atoms with Crippen molar-refractivity contribution >= 4 is 5.96 Å². The number of rotatable bonds is 0. The van der Waals surface area contributed by atoms with Crippen LogP contribution in [0, 0.1) is 11.8 Å². The summed E-state index contributed by atoms with van der Waals surface area (Å²) in [5, 5.41) is 0. The van der Waals surface area contributed by atoms with Crippen molar-refractivity contribution in [2.75, 3.05) is 40.3 Å². The van der Waals surface area contributed by atoms with Crippen molar-refractivity contribution in [2.45, 2.75) is 6.42 Å². The van der Waals surface area contributed by atoms with Crippen molar-refractivity contribution in [2.24, 2.45) is 22.6 Å². The van der Waals surface area contributed by atoms with Gasteiger partial charge in [-0.2, -0.15) is 0 Å². The molecule has 0 bridgehead atoms. The van der Waals surface area contributed by atoms with E-state index in [1.165, 1.54) is 19.5 Å². The van der Waals surface area contributed by atoms with E-state index in [1.807, 2.05) is 0 Å². The second-order valence-electron chi connectivity index (χ2n) is 4.56. The Kier molecular flexibility index (Phi) is 2.63. The van der Waals surface area contributed by atoms with Crippen LogP contribution < -0.4 is 5.73 Å². The highest BCUT2D eigenvalue weighted by Crippen LogP contribution is 2.30. The van der Waals surface area contributed by atoms with Crippen LogP contribution in [0.4, 0.5) is 0 Å². The molecule has 4 heteroatoms. The summed E-state index contributed by atoms with van der Waals surface area (Å²) in [6.45, 7) is 4.66. The number of nitrogens with zero attached hydrogens (tertiary/aromatic N) is 3. The van der Waals surface area contributed by atoms with Crippen LogP contribution in [0.15, 0.2) is 4.99 Å². The van der Waals surface area contributed by atoms with E-state index >= 15 is 0 Å². The zero-order valence-corrected chi connectivity index (χ0v) is 9.11. The van der Waals surface area contributed by atoms with Crippen LogP contribution in [0.3, 0.4) is 0 Å². The normalized spacial score (nSPS) is 34.7. The summed E-state index contributed by atoms with van der Waals surface area (Å²) in [6.07, 6.45) is 1.31. The van der Waals surface area contributed by atoms with E-state index in [0.717, 1.165) is 24.9 Å². The maximum absolute atomic E-state index is 5.83. The van der Waals surface area contributed by atoms with Crippen LogP contribution in [0.1, 0.15) is 6.42 Å². The Bertz CT molecular complexity index is 238. The quantitative estimate of drug-likeness (QED) is 0.431. The van der Waals surface area contributed by atoms with Crippen LogP contribution in [0.2, 0.25) is 0 Å². The van der Waals surface area contributed by atoms with E-state index in [2.05, 4.69) is 21.8 Å². The summed E-state index contributed by atoms with van der Waals surface area (Å²) in [5.74, 6) is 2.35. The molecular formula is C10H20N4. The van der Waals surface area contributed by atoms with E-state index in [-0.39, 0.29) is 0 Å². The lowest BCUT2D eigenvalue weighted by molar-refractivity contribution is 0.178. The second kappa shape index (κ2) is 3.77. The molecule has 4 nitrogen and oxygen atoms in total. The third-order valence-corrected chi connectivity index (χ3v) is 3.56. The van der Waals surface area contributed by atoms with Crippen LogP contribution in [0.25, 0.3) is 0 Å². The summed E-state index contributed by atoms with van der Waals surface area (Å²) in [7, 11) is 3.97. The molecular weight excluding hydrogens is 176 g/mol. The molecule has 2 aliphatic heterocycles. The first-order valence-corrected chi connectivity index (χ1v) is 5.36. The molecule has 2 atom stereocenters. The van der Waals surface area contributed by atoms with Crippen molar-refractivity contribution in [1.29, 1.82) is 0 Å². The lowest BCUT2D eigenvalue weighted by atomic mass is 9.89. The third kappa shape index (κ3) is 1.71. The summed E-state index contributed by atoms with van der Waals surface area (Å²) >= 11 is 0. The molecule has 0 aliphatic carbocycles. The smallest absolute Gasteiger partial charge is 0.190 e. The molecule has 0 aromatic carbocycles. The maximum Gasteiger partial charge on any atom is 0.190 e. The van der Waals surface area contributed by atoms with Gasteiger partial charge in [0.05, 0.1) is 0 Å². The van der Waals surface area contributed by atoms with Crippen molar-refractivity contribution in [3.8, 4) is 0 Å². The van der Waals surface area contributed by atoms with E-state index in [9.17, 15) is 0 Å². The number of piperidine rings is 1. The predicted molar refractivity (Wildman–Crippen MR) is 58.2 cm³/mol. The highest BCUT2D eigenvalue weighted by atomic mass is 15.3. The molecule has 0 saturated carbocycles. The Morgan fingerprint density at radius 2 is 2.00 bits per heavy atom. The minimum absolute atomic E-state index is 0.710. The topological polar surface area (TPSA) is 44.9 Å². The molecule has 0 aromatic rings. The van der Waals surface area contributed by atoms with Gasteiger partial charge >= 0.3 is 0 Å². The number of hydrogen-bond acceptors (Lipinski definition) is 2. The van der Waals surface area contributed by atoms with E-state index < -0.39 is 0 Å². The molecule has 0 spiro atoms. The molecule has 0 radical (unpaired) electrons. The first-order valence-electron chi connectivity index (χ1n) is 5.36. The summed E-state index contributed by atoms with van der Waals surface area (Å²) in [6, 6.07) is 0. The number of aliphatic imine (C=N–C) groups is 1. The Morgan fingerprint density at radius 1 is 1.29 bits per heavy atom. The highest BCUT2D eigenvalue weighted by Gasteiger charge is 2.36. The van der Waals surface area contributed by atoms with E-state index in [1.54, 1.807) is 7.05 Å². The SMILES string of the molecule is CN=C(N)N1CC2CCN(C)CC2C1. The van der Waals surface area contributed by atoms with Gasteiger partial charge in [-0.25, -0.2) is 0 Å². The standard InChI is InChI=1S/C10H20N4/c1-12-10(11)14-6-8-3-4-13(2)5-9(8)7-14/h8-9H,3-7H2,1-2H3,(H2,11,12). The first-order chi connectivity index (χ1) is 6.70. The molecule has 0 aromatic heterocycles.